The van der Waals surface area contributed by atoms with Crippen LogP contribution in [0.2, 0.25) is 0 Å². The summed E-state index contributed by atoms with van der Waals surface area (Å²) < 4.78 is 4.29. The van der Waals surface area contributed by atoms with E-state index >= 15 is 0 Å². The van der Waals surface area contributed by atoms with Crippen LogP contribution in [0.1, 0.15) is 35.6 Å². The van der Waals surface area contributed by atoms with Crippen LogP contribution in [-0.2, 0) is 6.54 Å². The predicted octanol–water partition coefficient (Wildman–Crippen LogP) is 5.32. The normalized spacial score (nSPS) is 11.9. The molecule has 5 rings (SSSR count). The zero-order valence-corrected chi connectivity index (χ0v) is 18.9. The first-order valence-electron chi connectivity index (χ1n) is 11.3. The van der Waals surface area contributed by atoms with Crippen LogP contribution in [0, 0.1) is 6.92 Å². The first-order valence-corrected chi connectivity index (χ1v) is 11.3. The molecule has 0 bridgehead atoms. The van der Waals surface area contributed by atoms with E-state index in [1.54, 1.807) is 0 Å². The molecule has 0 N–H and O–H groups in total. The lowest BCUT2D eigenvalue weighted by Gasteiger charge is -2.18. The van der Waals surface area contributed by atoms with Gasteiger partial charge < -0.3 is 9.47 Å². The van der Waals surface area contributed by atoms with E-state index in [4.69, 9.17) is 4.98 Å². The summed E-state index contributed by atoms with van der Waals surface area (Å²) in [5.41, 5.74) is 4.23. The Morgan fingerprint density at radius 2 is 1.59 bits per heavy atom. The first kappa shape index (κ1) is 20.5. The third-order valence-electron chi connectivity index (χ3n) is 6.45. The van der Waals surface area contributed by atoms with Gasteiger partial charge in [0.2, 0.25) is 11.6 Å². The van der Waals surface area contributed by atoms with Gasteiger partial charge >= 0.3 is 0 Å². The molecule has 0 fully saturated rings. The minimum absolute atomic E-state index is 0.00685. The molecule has 32 heavy (non-hydrogen) atoms. The number of hydrogen-bond acceptors (Lipinski definition) is 3. The highest BCUT2D eigenvalue weighted by atomic mass is 16.1. The molecule has 0 radical (unpaired) electrons. The summed E-state index contributed by atoms with van der Waals surface area (Å²) in [6.45, 7) is 10.1. The van der Waals surface area contributed by atoms with Gasteiger partial charge in [0.05, 0.1) is 16.7 Å². The number of likely N-dealkylation sites (N-methyl/N-ethyl adjacent to an activating group) is 1. The fraction of sp³-hybridized carbons (Fsp3) is 0.259. The molecular weight excluding hydrogens is 396 g/mol. The second kappa shape index (κ2) is 8.24. The molecule has 0 spiro atoms. The second-order valence-electron chi connectivity index (χ2n) is 8.24. The molecule has 5 aromatic rings. The Morgan fingerprint density at radius 3 is 2.34 bits per heavy atom. The van der Waals surface area contributed by atoms with Crippen molar-refractivity contribution in [2.24, 2.45) is 0 Å². The Balaban J connectivity index is 1.66. The van der Waals surface area contributed by atoms with Gasteiger partial charge in [0.25, 0.3) is 0 Å². The minimum atomic E-state index is 0.00685. The number of nitrogens with zero attached hydrogens (tertiary/aromatic N) is 4. The highest BCUT2D eigenvalue weighted by Crippen LogP contribution is 2.27. The van der Waals surface area contributed by atoms with Gasteiger partial charge in [-0.25, -0.2) is 4.98 Å². The zero-order chi connectivity index (χ0) is 22.2. The molecule has 0 aliphatic carbocycles. The topological polar surface area (TPSA) is 42.5 Å². The van der Waals surface area contributed by atoms with E-state index in [0.717, 1.165) is 59.5 Å². The molecular formula is C27H28N4O. The quantitative estimate of drug-likeness (QED) is 0.332. The SMILES string of the molecule is CCN(CC)CCn1c2ccccc2n2c(C(=O)c3ccc4ccccc4c3)c(C)nc12. The maximum absolute atomic E-state index is 13.7. The van der Waals surface area contributed by atoms with E-state index in [1.165, 1.54) is 0 Å². The smallest absolute Gasteiger partial charge is 0.215 e. The molecule has 0 saturated heterocycles. The molecule has 0 saturated carbocycles. The van der Waals surface area contributed by atoms with Crippen molar-refractivity contribution in [2.45, 2.75) is 27.3 Å². The molecule has 5 heteroatoms. The number of ketones is 1. The molecule has 0 aliphatic rings. The second-order valence-corrected chi connectivity index (χ2v) is 8.24. The number of hydrogen-bond donors (Lipinski definition) is 0. The molecule has 5 nitrogen and oxygen atoms in total. The van der Waals surface area contributed by atoms with Crippen molar-refractivity contribution < 1.29 is 4.79 Å². The largest absolute Gasteiger partial charge is 0.308 e. The molecule has 0 amide bonds. The number of para-hydroxylation sites is 2. The van der Waals surface area contributed by atoms with Gasteiger partial charge in [-0.3, -0.25) is 9.20 Å². The third-order valence-corrected chi connectivity index (χ3v) is 6.45. The van der Waals surface area contributed by atoms with Crippen molar-refractivity contribution in [1.82, 2.24) is 18.9 Å². The van der Waals surface area contributed by atoms with Gasteiger partial charge in [-0.1, -0.05) is 62.4 Å². The van der Waals surface area contributed by atoms with Crippen LogP contribution < -0.4 is 0 Å². The van der Waals surface area contributed by atoms with Gasteiger partial charge in [-0.15, -0.1) is 0 Å². The van der Waals surface area contributed by atoms with Crippen LogP contribution in [-0.4, -0.2) is 44.3 Å². The van der Waals surface area contributed by atoms with Crippen LogP contribution in [0.3, 0.4) is 0 Å². The lowest BCUT2D eigenvalue weighted by Crippen LogP contribution is -2.27. The highest BCUT2D eigenvalue weighted by molar-refractivity contribution is 6.11. The summed E-state index contributed by atoms with van der Waals surface area (Å²) in [5.74, 6) is 0.840. The van der Waals surface area contributed by atoms with Crippen LogP contribution in [0.15, 0.2) is 66.7 Å². The number of aromatic nitrogens is 3. The standard InChI is InChI=1S/C27H28N4O/c1-4-29(5-2)16-17-30-23-12-8-9-13-24(23)31-25(19(3)28-27(30)31)26(32)22-15-14-20-10-6-7-11-21(20)18-22/h6-15,18H,4-5,16-17H2,1-3H3. The molecule has 162 valence electrons. The summed E-state index contributed by atoms with van der Waals surface area (Å²) in [6, 6.07) is 22.3. The monoisotopic (exact) mass is 424 g/mol. The van der Waals surface area contributed by atoms with Gasteiger partial charge in [-0.2, -0.15) is 0 Å². The average Bonchev–Trinajstić information content (AvgIpc) is 3.32. The van der Waals surface area contributed by atoms with Crippen molar-refractivity contribution in [3.8, 4) is 0 Å². The Hall–Kier alpha value is -3.44. The van der Waals surface area contributed by atoms with Gasteiger partial charge in [-0.05, 0) is 49.0 Å². The summed E-state index contributed by atoms with van der Waals surface area (Å²) in [6.07, 6.45) is 0. The molecule has 2 heterocycles. The molecule has 0 atom stereocenters. The number of benzene rings is 3. The summed E-state index contributed by atoms with van der Waals surface area (Å²) >= 11 is 0. The number of imidazole rings is 2. The van der Waals surface area contributed by atoms with E-state index in [0.29, 0.717) is 11.3 Å². The number of aryl methyl sites for hydroxylation is 1. The Bertz CT molecular complexity index is 1440. The van der Waals surface area contributed by atoms with Crippen molar-refractivity contribution in [3.63, 3.8) is 0 Å². The van der Waals surface area contributed by atoms with Gasteiger partial charge in [0.15, 0.2) is 0 Å². The van der Waals surface area contributed by atoms with Crippen molar-refractivity contribution in [3.05, 3.63) is 83.7 Å². The van der Waals surface area contributed by atoms with Crippen molar-refractivity contribution >= 4 is 33.4 Å². The van der Waals surface area contributed by atoms with E-state index in [9.17, 15) is 4.79 Å². The number of fused-ring (bicyclic) bond motifs is 4. The summed E-state index contributed by atoms with van der Waals surface area (Å²) in [4.78, 5) is 21.0. The predicted molar refractivity (Wildman–Crippen MR) is 131 cm³/mol. The number of rotatable bonds is 7. The fourth-order valence-electron chi connectivity index (χ4n) is 4.65. The summed E-state index contributed by atoms with van der Waals surface area (Å²) in [5, 5.41) is 2.20. The maximum Gasteiger partial charge on any atom is 0.215 e. The van der Waals surface area contributed by atoms with Crippen molar-refractivity contribution in [2.75, 3.05) is 19.6 Å². The summed E-state index contributed by atoms with van der Waals surface area (Å²) in [7, 11) is 0. The number of carbonyl (C=O) groups excluding carboxylic acids is 1. The van der Waals surface area contributed by atoms with Crippen LogP contribution in [0.25, 0.3) is 27.6 Å². The van der Waals surface area contributed by atoms with Gasteiger partial charge in [0, 0.05) is 18.7 Å². The fourth-order valence-corrected chi connectivity index (χ4v) is 4.65. The zero-order valence-electron chi connectivity index (χ0n) is 18.9. The average molecular weight is 425 g/mol. The van der Waals surface area contributed by atoms with E-state index in [2.05, 4.69) is 41.5 Å². The van der Waals surface area contributed by atoms with E-state index in [-0.39, 0.29) is 5.78 Å². The lowest BCUT2D eigenvalue weighted by atomic mass is 10.0. The van der Waals surface area contributed by atoms with Crippen LogP contribution in [0.5, 0.6) is 0 Å². The van der Waals surface area contributed by atoms with E-state index < -0.39 is 0 Å². The molecule has 0 unspecified atom stereocenters. The van der Waals surface area contributed by atoms with E-state index in [1.807, 2.05) is 59.9 Å². The number of carbonyl (C=O) groups is 1. The molecule has 0 aliphatic heterocycles. The lowest BCUT2D eigenvalue weighted by molar-refractivity contribution is 0.103. The van der Waals surface area contributed by atoms with Crippen molar-refractivity contribution in [1.29, 1.82) is 0 Å². The third kappa shape index (κ3) is 3.30. The van der Waals surface area contributed by atoms with Crippen LogP contribution in [0.4, 0.5) is 0 Å². The van der Waals surface area contributed by atoms with Crippen LogP contribution >= 0.6 is 0 Å². The van der Waals surface area contributed by atoms with Gasteiger partial charge in [0.1, 0.15) is 5.69 Å². The Kier molecular flexibility index (Phi) is 5.27. The Labute approximate surface area is 187 Å². The molecule has 2 aromatic heterocycles. The first-order chi connectivity index (χ1) is 15.6. The highest BCUT2D eigenvalue weighted by Gasteiger charge is 2.24. The molecule has 3 aromatic carbocycles. The minimum Gasteiger partial charge on any atom is -0.308 e. The Morgan fingerprint density at radius 1 is 0.906 bits per heavy atom. The maximum atomic E-state index is 13.7.